The van der Waals surface area contributed by atoms with Crippen LogP contribution in [0.5, 0.6) is 0 Å². The molecule has 1 aromatic rings. The largest absolute Gasteiger partial charge is 0.376 e. The molecule has 2 atom stereocenters. The van der Waals surface area contributed by atoms with Gasteiger partial charge in [0.1, 0.15) is 6.04 Å². The normalized spacial score (nSPS) is 20.9. The van der Waals surface area contributed by atoms with Gasteiger partial charge in [-0.15, -0.1) is 0 Å². The van der Waals surface area contributed by atoms with Crippen LogP contribution in [-0.2, 0) is 9.53 Å². The minimum atomic E-state index is -0.363. The maximum atomic E-state index is 12.0. The molecule has 6 heteroatoms. The first kappa shape index (κ1) is 13.4. The van der Waals surface area contributed by atoms with Crippen LogP contribution >= 0.6 is 11.6 Å². The lowest BCUT2D eigenvalue weighted by Crippen LogP contribution is -2.36. The van der Waals surface area contributed by atoms with E-state index in [4.69, 9.17) is 16.3 Å². The van der Waals surface area contributed by atoms with Gasteiger partial charge >= 0.3 is 0 Å². The van der Waals surface area contributed by atoms with Crippen LogP contribution in [0.4, 0.5) is 0 Å². The summed E-state index contributed by atoms with van der Waals surface area (Å²) >= 11 is 5.92. The van der Waals surface area contributed by atoms with Crippen LogP contribution in [0.25, 0.3) is 0 Å². The SMILES string of the molecule is Cc1nn(C(C)C(=O)NCC2CCCO2)cc1Cl. The quantitative estimate of drug-likeness (QED) is 0.907. The van der Waals surface area contributed by atoms with Gasteiger partial charge in [0.15, 0.2) is 0 Å². The highest BCUT2D eigenvalue weighted by Gasteiger charge is 2.20. The van der Waals surface area contributed by atoms with Gasteiger partial charge in [0.05, 0.1) is 16.8 Å². The number of ether oxygens (including phenoxy) is 1. The van der Waals surface area contributed by atoms with Gasteiger partial charge in [-0.3, -0.25) is 9.48 Å². The smallest absolute Gasteiger partial charge is 0.244 e. The Morgan fingerprint density at radius 1 is 1.78 bits per heavy atom. The molecule has 0 bridgehead atoms. The Kier molecular flexibility index (Phi) is 4.24. The van der Waals surface area contributed by atoms with E-state index >= 15 is 0 Å². The van der Waals surface area contributed by atoms with Crippen LogP contribution in [0.2, 0.25) is 5.02 Å². The number of rotatable bonds is 4. The van der Waals surface area contributed by atoms with Crippen LogP contribution in [0.15, 0.2) is 6.20 Å². The molecule has 1 aliphatic heterocycles. The number of aromatic nitrogens is 2. The Bertz CT molecular complexity index is 407. The second-order valence-electron chi connectivity index (χ2n) is 4.60. The number of amides is 1. The van der Waals surface area contributed by atoms with Gasteiger partial charge in [0, 0.05) is 19.3 Å². The van der Waals surface area contributed by atoms with Gasteiger partial charge in [-0.1, -0.05) is 11.6 Å². The highest BCUT2D eigenvalue weighted by molar-refractivity contribution is 6.31. The molecule has 2 unspecified atom stereocenters. The maximum Gasteiger partial charge on any atom is 0.244 e. The summed E-state index contributed by atoms with van der Waals surface area (Å²) < 4.78 is 7.04. The molecule has 1 amide bonds. The van der Waals surface area contributed by atoms with Crippen molar-refractivity contribution in [2.75, 3.05) is 13.2 Å². The fourth-order valence-electron chi connectivity index (χ4n) is 1.95. The van der Waals surface area contributed by atoms with Crippen molar-refractivity contribution < 1.29 is 9.53 Å². The molecule has 0 radical (unpaired) electrons. The van der Waals surface area contributed by atoms with Gasteiger partial charge < -0.3 is 10.1 Å². The van der Waals surface area contributed by atoms with E-state index in [1.807, 2.05) is 6.92 Å². The van der Waals surface area contributed by atoms with Crippen LogP contribution in [-0.4, -0.2) is 34.9 Å². The first-order valence-electron chi connectivity index (χ1n) is 6.18. The zero-order valence-corrected chi connectivity index (χ0v) is 11.4. The first-order valence-corrected chi connectivity index (χ1v) is 6.56. The van der Waals surface area contributed by atoms with Crippen LogP contribution in [0.1, 0.15) is 31.5 Å². The summed E-state index contributed by atoms with van der Waals surface area (Å²) in [6.45, 7) is 4.98. The van der Waals surface area contributed by atoms with Gasteiger partial charge in [-0.25, -0.2) is 0 Å². The number of nitrogens with one attached hydrogen (secondary N) is 1. The average Bonchev–Trinajstić information content (AvgIpc) is 2.96. The Balaban J connectivity index is 1.87. The molecule has 5 nitrogen and oxygen atoms in total. The lowest BCUT2D eigenvalue weighted by molar-refractivity contribution is -0.124. The van der Waals surface area contributed by atoms with Crippen LogP contribution < -0.4 is 5.32 Å². The highest BCUT2D eigenvalue weighted by Crippen LogP contribution is 2.16. The van der Waals surface area contributed by atoms with Crippen molar-refractivity contribution >= 4 is 17.5 Å². The van der Waals surface area contributed by atoms with Crippen molar-refractivity contribution in [1.29, 1.82) is 0 Å². The van der Waals surface area contributed by atoms with Crippen molar-refractivity contribution in [3.05, 3.63) is 16.9 Å². The third-order valence-corrected chi connectivity index (χ3v) is 3.53. The first-order chi connectivity index (χ1) is 8.58. The number of hydrogen-bond acceptors (Lipinski definition) is 3. The predicted octanol–water partition coefficient (Wildman–Crippen LogP) is 1.70. The molecule has 2 rings (SSSR count). The second kappa shape index (κ2) is 5.71. The van der Waals surface area contributed by atoms with E-state index in [0.717, 1.165) is 25.1 Å². The summed E-state index contributed by atoms with van der Waals surface area (Å²) in [7, 11) is 0. The molecule has 0 spiro atoms. The van der Waals surface area contributed by atoms with Crippen LogP contribution in [0.3, 0.4) is 0 Å². The van der Waals surface area contributed by atoms with Crippen LogP contribution in [0, 0.1) is 6.92 Å². The highest BCUT2D eigenvalue weighted by atomic mass is 35.5. The lowest BCUT2D eigenvalue weighted by Gasteiger charge is -2.15. The summed E-state index contributed by atoms with van der Waals surface area (Å²) in [4.78, 5) is 12.0. The summed E-state index contributed by atoms with van der Waals surface area (Å²) in [5, 5.41) is 7.66. The Morgan fingerprint density at radius 3 is 3.11 bits per heavy atom. The molecule has 2 heterocycles. The zero-order valence-electron chi connectivity index (χ0n) is 10.6. The van der Waals surface area contributed by atoms with E-state index in [1.165, 1.54) is 0 Å². The van der Waals surface area contributed by atoms with E-state index in [2.05, 4.69) is 10.4 Å². The monoisotopic (exact) mass is 271 g/mol. The summed E-state index contributed by atoms with van der Waals surface area (Å²) in [5.41, 5.74) is 0.732. The zero-order chi connectivity index (χ0) is 13.1. The van der Waals surface area contributed by atoms with Crippen molar-refractivity contribution in [2.45, 2.75) is 38.8 Å². The minimum Gasteiger partial charge on any atom is -0.376 e. The molecule has 1 N–H and O–H groups in total. The van der Waals surface area contributed by atoms with E-state index < -0.39 is 0 Å². The fraction of sp³-hybridized carbons (Fsp3) is 0.667. The minimum absolute atomic E-state index is 0.0651. The molecule has 1 fully saturated rings. The summed E-state index contributed by atoms with van der Waals surface area (Å²) in [5.74, 6) is -0.0651. The van der Waals surface area contributed by atoms with E-state index in [9.17, 15) is 4.79 Å². The third kappa shape index (κ3) is 3.03. The van der Waals surface area contributed by atoms with Crippen molar-refractivity contribution in [3.8, 4) is 0 Å². The maximum absolute atomic E-state index is 12.0. The molecule has 1 aromatic heterocycles. The standard InChI is InChI=1S/C12H18ClN3O2/c1-8-11(13)7-16(15-8)9(2)12(17)14-6-10-4-3-5-18-10/h7,9-10H,3-6H2,1-2H3,(H,14,17). The van der Waals surface area contributed by atoms with E-state index in [1.54, 1.807) is 17.8 Å². The topological polar surface area (TPSA) is 56.2 Å². The second-order valence-corrected chi connectivity index (χ2v) is 5.01. The predicted molar refractivity (Wildman–Crippen MR) is 68.7 cm³/mol. The molecule has 1 saturated heterocycles. The molecule has 100 valence electrons. The van der Waals surface area contributed by atoms with Gasteiger partial charge in [-0.05, 0) is 26.7 Å². The number of hydrogen-bond donors (Lipinski definition) is 1. The Morgan fingerprint density at radius 2 is 2.56 bits per heavy atom. The van der Waals surface area contributed by atoms with Gasteiger partial charge in [0.2, 0.25) is 5.91 Å². The molecular formula is C12H18ClN3O2. The summed E-state index contributed by atoms with van der Waals surface area (Å²) in [6.07, 6.45) is 3.92. The molecule has 0 aliphatic carbocycles. The average molecular weight is 272 g/mol. The number of nitrogens with zero attached hydrogens (tertiary/aromatic N) is 2. The number of carbonyl (C=O) groups excluding carboxylic acids is 1. The molecule has 1 aliphatic rings. The Labute approximate surface area is 111 Å². The van der Waals surface area contributed by atoms with Crippen molar-refractivity contribution in [2.24, 2.45) is 0 Å². The molecular weight excluding hydrogens is 254 g/mol. The van der Waals surface area contributed by atoms with E-state index in [-0.39, 0.29) is 18.1 Å². The molecule has 0 saturated carbocycles. The molecule has 0 aromatic carbocycles. The number of halogens is 1. The third-order valence-electron chi connectivity index (χ3n) is 3.16. The fourth-order valence-corrected chi connectivity index (χ4v) is 2.08. The lowest BCUT2D eigenvalue weighted by atomic mass is 10.2. The molecule has 18 heavy (non-hydrogen) atoms. The van der Waals surface area contributed by atoms with Crippen molar-refractivity contribution in [3.63, 3.8) is 0 Å². The number of carbonyl (C=O) groups is 1. The van der Waals surface area contributed by atoms with Gasteiger partial charge in [0.25, 0.3) is 0 Å². The Hall–Kier alpha value is -1.07. The van der Waals surface area contributed by atoms with E-state index in [0.29, 0.717) is 11.6 Å². The van der Waals surface area contributed by atoms with Crippen molar-refractivity contribution in [1.82, 2.24) is 15.1 Å². The van der Waals surface area contributed by atoms with Gasteiger partial charge in [-0.2, -0.15) is 5.10 Å². The number of aryl methyl sites for hydroxylation is 1. The summed E-state index contributed by atoms with van der Waals surface area (Å²) in [6, 6.07) is -0.363.